The lowest BCUT2D eigenvalue weighted by Gasteiger charge is -2.33. The SMILES string of the molecule is Cc1ncc(CN2CCCC(NC3CC3)C2)s1. The quantitative estimate of drug-likeness (QED) is 0.889. The zero-order valence-corrected chi connectivity index (χ0v) is 11.3. The number of nitrogens with zero attached hydrogens (tertiary/aromatic N) is 2. The van der Waals surface area contributed by atoms with Gasteiger partial charge in [0.15, 0.2) is 0 Å². The molecule has 0 radical (unpaired) electrons. The molecule has 1 saturated heterocycles. The molecule has 2 heterocycles. The smallest absolute Gasteiger partial charge is 0.0897 e. The largest absolute Gasteiger partial charge is 0.310 e. The lowest BCUT2D eigenvalue weighted by atomic mass is 10.1. The van der Waals surface area contributed by atoms with Crippen molar-refractivity contribution in [2.24, 2.45) is 0 Å². The van der Waals surface area contributed by atoms with E-state index in [1.165, 1.54) is 48.7 Å². The van der Waals surface area contributed by atoms with Crippen LogP contribution in [0.3, 0.4) is 0 Å². The second-order valence-electron chi connectivity index (χ2n) is 5.36. The average Bonchev–Trinajstić information content (AvgIpc) is 3.02. The van der Waals surface area contributed by atoms with E-state index in [1.54, 1.807) is 0 Å². The van der Waals surface area contributed by atoms with Crippen molar-refractivity contribution in [3.63, 3.8) is 0 Å². The van der Waals surface area contributed by atoms with Crippen molar-refractivity contribution in [1.29, 1.82) is 0 Å². The third-order valence-corrected chi connectivity index (χ3v) is 4.50. The summed E-state index contributed by atoms with van der Waals surface area (Å²) in [5, 5.41) is 4.94. The number of aromatic nitrogens is 1. The summed E-state index contributed by atoms with van der Waals surface area (Å²) < 4.78 is 0. The molecule has 0 aromatic carbocycles. The maximum atomic E-state index is 4.34. The van der Waals surface area contributed by atoms with Gasteiger partial charge in [0.25, 0.3) is 0 Å². The summed E-state index contributed by atoms with van der Waals surface area (Å²) in [5.74, 6) is 0. The molecule has 3 rings (SSSR count). The van der Waals surface area contributed by atoms with Gasteiger partial charge in [-0.1, -0.05) is 0 Å². The van der Waals surface area contributed by atoms with Crippen molar-refractivity contribution in [2.75, 3.05) is 13.1 Å². The fraction of sp³-hybridized carbons (Fsp3) is 0.769. The van der Waals surface area contributed by atoms with Gasteiger partial charge in [-0.3, -0.25) is 4.90 Å². The van der Waals surface area contributed by atoms with E-state index in [-0.39, 0.29) is 0 Å². The molecule has 2 aliphatic rings. The Bertz CT molecular complexity index is 372. The lowest BCUT2D eigenvalue weighted by molar-refractivity contribution is 0.184. The predicted molar refractivity (Wildman–Crippen MR) is 71.3 cm³/mol. The molecule has 1 atom stereocenters. The first kappa shape index (κ1) is 11.6. The molecule has 1 aliphatic carbocycles. The maximum absolute atomic E-state index is 4.34. The molecule has 3 nitrogen and oxygen atoms in total. The third-order valence-electron chi connectivity index (χ3n) is 3.60. The summed E-state index contributed by atoms with van der Waals surface area (Å²) in [7, 11) is 0. The summed E-state index contributed by atoms with van der Waals surface area (Å²) in [6.45, 7) is 5.64. The van der Waals surface area contributed by atoms with Crippen molar-refractivity contribution < 1.29 is 0 Å². The fourth-order valence-corrected chi connectivity index (χ4v) is 3.45. The highest BCUT2D eigenvalue weighted by atomic mass is 32.1. The zero-order valence-electron chi connectivity index (χ0n) is 10.5. The van der Waals surface area contributed by atoms with Gasteiger partial charge >= 0.3 is 0 Å². The van der Waals surface area contributed by atoms with Crippen molar-refractivity contribution in [3.05, 3.63) is 16.1 Å². The van der Waals surface area contributed by atoms with Crippen LogP contribution in [0.5, 0.6) is 0 Å². The van der Waals surface area contributed by atoms with E-state index in [9.17, 15) is 0 Å². The molecule has 1 aromatic rings. The van der Waals surface area contributed by atoms with E-state index in [0.717, 1.165) is 18.6 Å². The minimum absolute atomic E-state index is 0.727. The first-order valence-electron chi connectivity index (χ1n) is 6.69. The molecule has 0 spiro atoms. The van der Waals surface area contributed by atoms with Gasteiger partial charge < -0.3 is 5.32 Å². The molecule has 2 fully saturated rings. The minimum Gasteiger partial charge on any atom is -0.310 e. The van der Waals surface area contributed by atoms with Crippen LogP contribution in [0.15, 0.2) is 6.20 Å². The molecule has 4 heteroatoms. The predicted octanol–water partition coefficient (Wildman–Crippen LogP) is 2.17. The summed E-state index contributed by atoms with van der Waals surface area (Å²) in [5.41, 5.74) is 0. The highest BCUT2D eigenvalue weighted by Crippen LogP contribution is 2.23. The van der Waals surface area contributed by atoms with Crippen LogP contribution in [-0.2, 0) is 6.54 Å². The van der Waals surface area contributed by atoms with Gasteiger partial charge in [0.2, 0.25) is 0 Å². The van der Waals surface area contributed by atoms with Crippen LogP contribution in [0.2, 0.25) is 0 Å². The highest BCUT2D eigenvalue weighted by Gasteiger charge is 2.27. The summed E-state index contributed by atoms with van der Waals surface area (Å²) >= 11 is 1.84. The second-order valence-corrected chi connectivity index (χ2v) is 6.68. The maximum Gasteiger partial charge on any atom is 0.0897 e. The number of likely N-dealkylation sites (tertiary alicyclic amines) is 1. The van der Waals surface area contributed by atoms with Gasteiger partial charge in [-0.25, -0.2) is 4.98 Å². The molecule has 0 bridgehead atoms. The summed E-state index contributed by atoms with van der Waals surface area (Å²) in [4.78, 5) is 8.33. The van der Waals surface area contributed by atoms with Crippen LogP contribution >= 0.6 is 11.3 Å². The van der Waals surface area contributed by atoms with Gasteiger partial charge in [0.1, 0.15) is 0 Å². The van der Waals surface area contributed by atoms with Crippen LogP contribution in [0.25, 0.3) is 0 Å². The van der Waals surface area contributed by atoms with Crippen molar-refractivity contribution in [3.8, 4) is 0 Å². The van der Waals surface area contributed by atoms with E-state index in [4.69, 9.17) is 0 Å². The molecule has 94 valence electrons. The Morgan fingerprint density at radius 3 is 3.00 bits per heavy atom. The highest BCUT2D eigenvalue weighted by molar-refractivity contribution is 7.11. The summed E-state index contributed by atoms with van der Waals surface area (Å²) in [6.07, 6.45) is 7.52. The van der Waals surface area contributed by atoms with Gasteiger partial charge in [0, 0.05) is 36.2 Å². The first-order valence-corrected chi connectivity index (χ1v) is 7.51. The monoisotopic (exact) mass is 251 g/mol. The number of thiazole rings is 1. The topological polar surface area (TPSA) is 28.2 Å². The standard InChI is InChI=1S/C13H21N3S/c1-10-14-7-13(17-10)9-16-6-2-3-12(8-16)15-11-4-5-11/h7,11-12,15H,2-6,8-9H2,1H3. The Morgan fingerprint density at radius 1 is 1.41 bits per heavy atom. The van der Waals surface area contributed by atoms with Crippen molar-refractivity contribution >= 4 is 11.3 Å². The van der Waals surface area contributed by atoms with Gasteiger partial charge in [-0.05, 0) is 39.2 Å². The molecule has 1 N–H and O–H groups in total. The second kappa shape index (κ2) is 5.04. The fourth-order valence-electron chi connectivity index (χ4n) is 2.62. The molecular formula is C13H21N3S. The molecule has 17 heavy (non-hydrogen) atoms. The number of hydrogen-bond acceptors (Lipinski definition) is 4. The number of rotatable bonds is 4. The number of nitrogens with one attached hydrogen (secondary N) is 1. The Kier molecular flexibility index (Phi) is 3.45. The Morgan fingerprint density at radius 2 is 2.29 bits per heavy atom. The van der Waals surface area contributed by atoms with Gasteiger partial charge in [0.05, 0.1) is 5.01 Å². The van der Waals surface area contributed by atoms with Gasteiger partial charge in [-0.15, -0.1) is 11.3 Å². The zero-order chi connectivity index (χ0) is 11.7. The first-order chi connectivity index (χ1) is 8.29. The Labute approximate surface area is 107 Å². The van der Waals surface area contributed by atoms with E-state index in [0.29, 0.717) is 0 Å². The van der Waals surface area contributed by atoms with Crippen molar-refractivity contribution in [2.45, 2.75) is 51.2 Å². The number of piperidine rings is 1. The normalized spacial score (nSPS) is 26.3. The van der Waals surface area contributed by atoms with E-state index >= 15 is 0 Å². The van der Waals surface area contributed by atoms with E-state index < -0.39 is 0 Å². The number of aryl methyl sites for hydroxylation is 1. The minimum atomic E-state index is 0.727. The molecule has 1 unspecified atom stereocenters. The average molecular weight is 251 g/mol. The molecular weight excluding hydrogens is 230 g/mol. The molecule has 1 aliphatic heterocycles. The number of hydrogen-bond donors (Lipinski definition) is 1. The van der Waals surface area contributed by atoms with Gasteiger partial charge in [-0.2, -0.15) is 0 Å². The molecule has 0 amide bonds. The van der Waals surface area contributed by atoms with E-state index in [2.05, 4.69) is 22.1 Å². The van der Waals surface area contributed by atoms with Crippen LogP contribution in [0, 0.1) is 6.92 Å². The Hall–Kier alpha value is -0.450. The lowest BCUT2D eigenvalue weighted by Crippen LogP contribution is -2.45. The van der Waals surface area contributed by atoms with Crippen LogP contribution < -0.4 is 5.32 Å². The van der Waals surface area contributed by atoms with E-state index in [1.807, 2.05) is 17.5 Å². The third kappa shape index (κ3) is 3.27. The molecule has 1 saturated carbocycles. The molecule has 1 aromatic heterocycles. The van der Waals surface area contributed by atoms with Crippen LogP contribution in [0.1, 0.15) is 35.6 Å². The van der Waals surface area contributed by atoms with Crippen LogP contribution in [-0.4, -0.2) is 35.1 Å². The Balaban J connectivity index is 1.52. The van der Waals surface area contributed by atoms with Crippen molar-refractivity contribution in [1.82, 2.24) is 15.2 Å². The summed E-state index contributed by atoms with van der Waals surface area (Å²) in [6, 6.07) is 1.57. The van der Waals surface area contributed by atoms with Crippen LogP contribution in [0.4, 0.5) is 0 Å².